The van der Waals surface area contributed by atoms with Crippen LogP contribution >= 0.6 is 0 Å². The van der Waals surface area contributed by atoms with Crippen LogP contribution in [0, 0.1) is 0 Å². The molecule has 8 heteroatoms. The Morgan fingerprint density at radius 1 is 1.39 bits per heavy atom. The molecule has 1 aromatic heterocycles. The van der Waals surface area contributed by atoms with Gasteiger partial charge in [0.2, 0.25) is 0 Å². The molecular formula is C15H23N3O5. The Balaban J connectivity index is 2.04. The van der Waals surface area contributed by atoms with Gasteiger partial charge in [-0.3, -0.25) is 4.68 Å². The van der Waals surface area contributed by atoms with Gasteiger partial charge in [0, 0.05) is 12.7 Å². The number of aliphatic hydroxyl groups excluding tert-OH is 1. The van der Waals surface area contributed by atoms with E-state index in [0.717, 1.165) is 0 Å². The van der Waals surface area contributed by atoms with Crippen molar-refractivity contribution in [2.24, 2.45) is 0 Å². The summed E-state index contributed by atoms with van der Waals surface area (Å²) in [6, 6.07) is 1.10. The Morgan fingerprint density at radius 2 is 2.09 bits per heavy atom. The summed E-state index contributed by atoms with van der Waals surface area (Å²) in [5.74, 6) is -0.511. The van der Waals surface area contributed by atoms with Gasteiger partial charge in [0.15, 0.2) is 5.69 Å². The molecule has 0 radical (unpaired) electrons. The topological polar surface area (TPSA) is 93.9 Å². The summed E-state index contributed by atoms with van der Waals surface area (Å²) in [5, 5.41) is 14.3. The van der Waals surface area contributed by atoms with Crippen LogP contribution < -0.4 is 0 Å². The van der Waals surface area contributed by atoms with Crippen LogP contribution in [0.2, 0.25) is 0 Å². The fraction of sp³-hybridized carbons (Fsp3) is 0.667. The molecule has 1 saturated heterocycles. The van der Waals surface area contributed by atoms with Crippen LogP contribution in [0.15, 0.2) is 12.3 Å². The van der Waals surface area contributed by atoms with Gasteiger partial charge < -0.3 is 19.5 Å². The molecule has 0 aliphatic carbocycles. The normalized spacial score (nSPS) is 21.3. The Bertz CT molecular complexity index is 578. The maximum atomic E-state index is 12.1. The lowest BCUT2D eigenvalue weighted by molar-refractivity contribution is 0.0269. The first kappa shape index (κ1) is 17.3. The third kappa shape index (κ3) is 4.22. The second kappa shape index (κ2) is 6.57. The van der Waals surface area contributed by atoms with Crippen molar-refractivity contribution >= 4 is 12.1 Å². The predicted octanol–water partition coefficient (Wildman–Crippen LogP) is 1.21. The van der Waals surface area contributed by atoms with E-state index in [-0.39, 0.29) is 25.4 Å². The second-order valence-corrected chi connectivity index (χ2v) is 6.42. The number of hydrogen-bond acceptors (Lipinski definition) is 6. The largest absolute Gasteiger partial charge is 0.461 e. The van der Waals surface area contributed by atoms with Crippen molar-refractivity contribution < 1.29 is 24.2 Å². The number of carbonyl (C=O) groups excluding carboxylic acids is 2. The molecule has 1 fully saturated rings. The zero-order valence-electron chi connectivity index (χ0n) is 13.9. The number of amides is 1. The number of β-amino-alcohol motifs (C(OH)–C–C–N with tert-alkyl or cyclic N) is 1. The standard InChI is InChI=1S/C15H23N3O5/c1-5-22-13(20)10-6-7-18(16-10)11-8-17(9-12(11)19)14(21)23-15(2,3)4/h6-7,11-12,19H,5,8-9H2,1-4H3. The Kier molecular flexibility index (Phi) is 4.93. The van der Waals surface area contributed by atoms with E-state index < -0.39 is 29.8 Å². The second-order valence-electron chi connectivity index (χ2n) is 6.42. The molecule has 23 heavy (non-hydrogen) atoms. The summed E-state index contributed by atoms with van der Waals surface area (Å²) in [4.78, 5) is 25.1. The molecule has 0 bridgehead atoms. The molecule has 1 aliphatic rings. The first-order valence-electron chi connectivity index (χ1n) is 7.59. The number of aliphatic hydroxyl groups is 1. The van der Waals surface area contributed by atoms with Crippen molar-refractivity contribution in [3.05, 3.63) is 18.0 Å². The van der Waals surface area contributed by atoms with Crippen molar-refractivity contribution in [3.63, 3.8) is 0 Å². The van der Waals surface area contributed by atoms with Gasteiger partial charge in [-0.05, 0) is 33.8 Å². The van der Waals surface area contributed by atoms with Crippen LogP contribution in [0.5, 0.6) is 0 Å². The van der Waals surface area contributed by atoms with Crippen LogP contribution in [0.25, 0.3) is 0 Å². The summed E-state index contributed by atoms with van der Waals surface area (Å²) in [6.07, 6.45) is 0.341. The quantitative estimate of drug-likeness (QED) is 0.840. The Morgan fingerprint density at radius 3 is 2.70 bits per heavy atom. The molecule has 1 amide bonds. The highest BCUT2D eigenvalue weighted by Gasteiger charge is 2.37. The third-order valence-electron chi connectivity index (χ3n) is 3.34. The molecule has 1 N–H and O–H groups in total. The monoisotopic (exact) mass is 325 g/mol. The summed E-state index contributed by atoms with van der Waals surface area (Å²) in [5.41, 5.74) is -0.419. The van der Waals surface area contributed by atoms with E-state index in [1.165, 1.54) is 15.6 Å². The van der Waals surface area contributed by atoms with Crippen LogP contribution in [0.1, 0.15) is 44.2 Å². The molecule has 2 unspecified atom stereocenters. The maximum Gasteiger partial charge on any atom is 0.410 e. The van der Waals surface area contributed by atoms with Crippen LogP contribution in [0.3, 0.4) is 0 Å². The molecule has 1 aromatic rings. The van der Waals surface area contributed by atoms with Crippen molar-refractivity contribution in [1.82, 2.24) is 14.7 Å². The van der Waals surface area contributed by atoms with Gasteiger partial charge in [0.05, 0.1) is 25.3 Å². The zero-order chi connectivity index (χ0) is 17.2. The zero-order valence-corrected chi connectivity index (χ0v) is 13.9. The summed E-state index contributed by atoms with van der Waals surface area (Å²) in [7, 11) is 0. The minimum atomic E-state index is -0.780. The average molecular weight is 325 g/mol. The van der Waals surface area contributed by atoms with Gasteiger partial charge in [-0.2, -0.15) is 5.10 Å². The van der Waals surface area contributed by atoms with Gasteiger partial charge in [0.25, 0.3) is 0 Å². The number of aromatic nitrogens is 2. The van der Waals surface area contributed by atoms with Gasteiger partial charge in [-0.25, -0.2) is 9.59 Å². The molecule has 0 spiro atoms. The minimum absolute atomic E-state index is 0.161. The van der Waals surface area contributed by atoms with Crippen molar-refractivity contribution in [2.45, 2.75) is 45.4 Å². The number of carbonyl (C=O) groups is 2. The fourth-order valence-electron chi connectivity index (χ4n) is 2.34. The van der Waals surface area contributed by atoms with Gasteiger partial charge >= 0.3 is 12.1 Å². The number of rotatable bonds is 3. The maximum absolute atomic E-state index is 12.1. The Labute approximate surface area is 135 Å². The molecule has 128 valence electrons. The number of esters is 1. The van der Waals surface area contributed by atoms with E-state index in [0.29, 0.717) is 0 Å². The number of likely N-dealkylation sites (tertiary alicyclic amines) is 1. The van der Waals surface area contributed by atoms with Crippen LogP contribution in [0.4, 0.5) is 4.79 Å². The van der Waals surface area contributed by atoms with Crippen LogP contribution in [-0.2, 0) is 9.47 Å². The number of nitrogens with zero attached hydrogens (tertiary/aromatic N) is 3. The molecule has 2 heterocycles. The molecule has 1 aliphatic heterocycles. The summed E-state index contributed by atoms with van der Waals surface area (Å²) < 4.78 is 11.7. The van der Waals surface area contributed by atoms with E-state index in [4.69, 9.17) is 9.47 Å². The molecular weight excluding hydrogens is 302 g/mol. The predicted molar refractivity (Wildman–Crippen MR) is 81.0 cm³/mol. The summed E-state index contributed by atoms with van der Waals surface area (Å²) in [6.45, 7) is 7.77. The van der Waals surface area contributed by atoms with E-state index >= 15 is 0 Å². The first-order chi connectivity index (χ1) is 10.7. The molecule has 8 nitrogen and oxygen atoms in total. The Hall–Kier alpha value is -2.09. The number of ether oxygens (including phenoxy) is 2. The molecule has 0 saturated carbocycles. The highest BCUT2D eigenvalue weighted by atomic mass is 16.6. The van der Waals surface area contributed by atoms with Gasteiger partial charge in [-0.1, -0.05) is 0 Å². The SMILES string of the molecule is CCOC(=O)c1ccn(C2CN(C(=O)OC(C)(C)C)CC2O)n1. The minimum Gasteiger partial charge on any atom is -0.461 e. The number of hydrogen-bond donors (Lipinski definition) is 1. The third-order valence-corrected chi connectivity index (χ3v) is 3.34. The van der Waals surface area contributed by atoms with E-state index in [2.05, 4.69) is 5.10 Å². The van der Waals surface area contributed by atoms with Crippen molar-refractivity contribution in [3.8, 4) is 0 Å². The summed E-state index contributed by atoms with van der Waals surface area (Å²) >= 11 is 0. The van der Waals surface area contributed by atoms with Crippen molar-refractivity contribution in [2.75, 3.05) is 19.7 Å². The van der Waals surface area contributed by atoms with Gasteiger partial charge in [0.1, 0.15) is 5.60 Å². The lowest BCUT2D eigenvalue weighted by Gasteiger charge is -2.24. The molecule has 2 atom stereocenters. The van der Waals surface area contributed by atoms with Crippen molar-refractivity contribution in [1.29, 1.82) is 0 Å². The lowest BCUT2D eigenvalue weighted by Crippen LogP contribution is -2.35. The average Bonchev–Trinajstić information content (AvgIpc) is 3.03. The van der Waals surface area contributed by atoms with Gasteiger partial charge in [-0.15, -0.1) is 0 Å². The smallest absolute Gasteiger partial charge is 0.410 e. The lowest BCUT2D eigenvalue weighted by atomic mass is 10.2. The van der Waals surface area contributed by atoms with E-state index in [9.17, 15) is 14.7 Å². The first-order valence-corrected chi connectivity index (χ1v) is 7.59. The van der Waals surface area contributed by atoms with E-state index in [1.54, 1.807) is 33.9 Å². The molecule has 0 aromatic carbocycles. The van der Waals surface area contributed by atoms with E-state index in [1.807, 2.05) is 0 Å². The highest BCUT2D eigenvalue weighted by Crippen LogP contribution is 2.24. The molecule has 2 rings (SSSR count). The van der Waals surface area contributed by atoms with Crippen LogP contribution in [-0.4, -0.2) is 63.3 Å². The fourth-order valence-corrected chi connectivity index (χ4v) is 2.34. The highest BCUT2D eigenvalue weighted by molar-refractivity contribution is 5.87.